The lowest BCUT2D eigenvalue weighted by Crippen LogP contribution is -2.31. The maximum absolute atomic E-state index is 12.3. The first kappa shape index (κ1) is 23.2. The van der Waals surface area contributed by atoms with E-state index in [9.17, 15) is 14.9 Å². The van der Waals surface area contributed by atoms with Crippen molar-refractivity contribution in [1.82, 2.24) is 15.6 Å². The van der Waals surface area contributed by atoms with Crippen LogP contribution in [-0.4, -0.2) is 23.4 Å². The highest BCUT2D eigenvalue weighted by Crippen LogP contribution is 2.15. The number of rotatable bonds is 9. The molecule has 0 spiro atoms. The van der Waals surface area contributed by atoms with Gasteiger partial charge in [-0.2, -0.15) is 5.26 Å². The van der Waals surface area contributed by atoms with Crippen LogP contribution in [0.15, 0.2) is 84.7 Å². The maximum atomic E-state index is 12.3. The monoisotopic (exact) mass is 440 g/mol. The molecule has 2 amide bonds. The molecule has 0 saturated heterocycles. The number of nitrogens with one attached hydrogen (secondary N) is 2. The van der Waals surface area contributed by atoms with Crippen molar-refractivity contribution in [3.63, 3.8) is 0 Å². The Hall–Kier alpha value is -4.44. The lowest BCUT2D eigenvalue weighted by molar-refractivity contribution is -0.123. The minimum absolute atomic E-state index is 0.0122. The average molecular weight is 441 g/mol. The fourth-order valence-corrected chi connectivity index (χ4v) is 3.01. The molecule has 0 bridgehead atoms. The molecule has 0 fully saturated rings. The molecular formula is C26H24N4O3. The van der Waals surface area contributed by atoms with Crippen molar-refractivity contribution >= 4 is 17.9 Å². The zero-order valence-electron chi connectivity index (χ0n) is 18.2. The van der Waals surface area contributed by atoms with Crippen LogP contribution in [0.25, 0.3) is 6.08 Å². The van der Waals surface area contributed by atoms with Crippen molar-refractivity contribution in [2.45, 2.75) is 19.5 Å². The van der Waals surface area contributed by atoms with Crippen LogP contribution in [-0.2, 0) is 16.1 Å². The molecule has 7 heteroatoms. The van der Waals surface area contributed by atoms with Crippen molar-refractivity contribution in [2.24, 2.45) is 0 Å². The standard InChI is InChI=1S/C26H24N4O3/c1-19(22-7-3-2-4-8-22)30-25(31)18-33-24-11-9-20(10-12-24)14-23(15-27)26(32)29-17-21-6-5-13-28-16-21/h2-14,16,19H,17-18H2,1H3,(H,29,32)(H,30,31)/b23-14+/t19-/m0/s1. The van der Waals surface area contributed by atoms with Gasteiger partial charge in [0.2, 0.25) is 0 Å². The maximum Gasteiger partial charge on any atom is 0.262 e. The number of amides is 2. The summed E-state index contributed by atoms with van der Waals surface area (Å²) < 4.78 is 5.54. The number of carbonyl (C=O) groups is 2. The van der Waals surface area contributed by atoms with E-state index in [-0.39, 0.29) is 30.7 Å². The van der Waals surface area contributed by atoms with Crippen LogP contribution in [0.1, 0.15) is 29.7 Å². The van der Waals surface area contributed by atoms with Gasteiger partial charge in [0.25, 0.3) is 11.8 Å². The molecule has 7 nitrogen and oxygen atoms in total. The number of pyridine rings is 1. The largest absolute Gasteiger partial charge is 0.484 e. The normalized spacial score (nSPS) is 11.7. The van der Waals surface area contributed by atoms with Gasteiger partial charge >= 0.3 is 0 Å². The summed E-state index contributed by atoms with van der Waals surface area (Å²) >= 11 is 0. The smallest absolute Gasteiger partial charge is 0.262 e. The van der Waals surface area contributed by atoms with E-state index in [4.69, 9.17) is 4.74 Å². The van der Waals surface area contributed by atoms with Crippen LogP contribution in [0.3, 0.4) is 0 Å². The van der Waals surface area contributed by atoms with E-state index in [1.165, 1.54) is 6.08 Å². The Morgan fingerprint density at radius 3 is 2.52 bits per heavy atom. The van der Waals surface area contributed by atoms with Gasteiger partial charge in [-0.1, -0.05) is 48.5 Å². The number of aromatic nitrogens is 1. The molecule has 1 atom stereocenters. The van der Waals surface area contributed by atoms with Gasteiger partial charge in [-0.3, -0.25) is 14.6 Å². The molecule has 0 saturated carbocycles. The number of nitrogens with zero attached hydrogens (tertiary/aromatic N) is 2. The second-order valence-electron chi connectivity index (χ2n) is 7.27. The van der Waals surface area contributed by atoms with Gasteiger partial charge < -0.3 is 15.4 Å². The highest BCUT2D eigenvalue weighted by Gasteiger charge is 2.11. The third-order valence-corrected chi connectivity index (χ3v) is 4.78. The van der Waals surface area contributed by atoms with Crippen molar-refractivity contribution in [3.8, 4) is 11.8 Å². The summed E-state index contributed by atoms with van der Waals surface area (Å²) in [7, 11) is 0. The van der Waals surface area contributed by atoms with E-state index in [2.05, 4.69) is 15.6 Å². The zero-order valence-corrected chi connectivity index (χ0v) is 18.2. The van der Waals surface area contributed by atoms with E-state index < -0.39 is 5.91 Å². The highest BCUT2D eigenvalue weighted by atomic mass is 16.5. The predicted octanol–water partition coefficient (Wildman–Crippen LogP) is 3.56. The lowest BCUT2D eigenvalue weighted by atomic mass is 10.1. The molecular weight excluding hydrogens is 416 g/mol. The summed E-state index contributed by atoms with van der Waals surface area (Å²) in [6.07, 6.45) is 4.80. The van der Waals surface area contributed by atoms with Crippen molar-refractivity contribution in [1.29, 1.82) is 5.26 Å². The molecule has 2 N–H and O–H groups in total. The summed E-state index contributed by atoms with van der Waals surface area (Å²) in [6, 6.07) is 21.9. The summed E-state index contributed by atoms with van der Waals surface area (Å²) in [5.74, 6) is -0.188. The third kappa shape index (κ3) is 7.33. The van der Waals surface area contributed by atoms with Crippen molar-refractivity contribution < 1.29 is 14.3 Å². The summed E-state index contributed by atoms with van der Waals surface area (Å²) in [5, 5.41) is 14.9. The van der Waals surface area contributed by atoms with E-state index >= 15 is 0 Å². The molecule has 3 rings (SSSR count). The van der Waals surface area contributed by atoms with Gasteiger partial charge in [-0.25, -0.2) is 0 Å². The molecule has 0 unspecified atom stereocenters. The molecule has 3 aromatic rings. The molecule has 1 heterocycles. The quantitative estimate of drug-likeness (QED) is 0.391. The summed E-state index contributed by atoms with van der Waals surface area (Å²) in [6.45, 7) is 2.07. The molecule has 2 aromatic carbocycles. The SMILES string of the molecule is C[C@H](NC(=O)COc1ccc(/C=C(\C#N)C(=O)NCc2cccnc2)cc1)c1ccccc1. The Kier molecular flexibility index (Phi) is 8.32. The minimum atomic E-state index is -0.467. The fraction of sp³-hybridized carbons (Fsp3) is 0.154. The fourth-order valence-electron chi connectivity index (χ4n) is 3.01. The van der Waals surface area contributed by atoms with E-state index in [1.54, 1.807) is 42.7 Å². The summed E-state index contributed by atoms with van der Waals surface area (Å²) in [5.41, 5.74) is 2.51. The van der Waals surface area contributed by atoms with Crippen molar-refractivity contribution in [3.05, 3.63) is 101 Å². The van der Waals surface area contributed by atoms with E-state index in [0.717, 1.165) is 11.1 Å². The summed E-state index contributed by atoms with van der Waals surface area (Å²) in [4.78, 5) is 28.4. The van der Waals surface area contributed by atoms with E-state index in [1.807, 2.05) is 49.4 Å². The first-order valence-corrected chi connectivity index (χ1v) is 10.4. The van der Waals surface area contributed by atoms with Crippen LogP contribution in [0, 0.1) is 11.3 Å². The Morgan fingerprint density at radius 2 is 1.85 bits per heavy atom. The predicted molar refractivity (Wildman–Crippen MR) is 125 cm³/mol. The Labute approximate surface area is 192 Å². The number of hydrogen-bond donors (Lipinski definition) is 2. The zero-order chi connectivity index (χ0) is 23.5. The minimum Gasteiger partial charge on any atom is -0.484 e. The Bertz CT molecular complexity index is 1140. The molecule has 166 valence electrons. The van der Waals surface area contributed by atoms with Gasteiger partial charge in [0.15, 0.2) is 6.61 Å². The van der Waals surface area contributed by atoms with Gasteiger partial charge in [0.1, 0.15) is 17.4 Å². The topological polar surface area (TPSA) is 104 Å². The van der Waals surface area contributed by atoms with Gasteiger partial charge in [-0.15, -0.1) is 0 Å². The Balaban J connectivity index is 1.51. The van der Waals surface area contributed by atoms with Crippen LogP contribution < -0.4 is 15.4 Å². The van der Waals surface area contributed by atoms with Gasteiger partial charge in [-0.05, 0) is 47.9 Å². The molecule has 0 aliphatic carbocycles. The van der Waals surface area contributed by atoms with Crippen LogP contribution in [0.5, 0.6) is 5.75 Å². The van der Waals surface area contributed by atoms with Crippen LogP contribution in [0.2, 0.25) is 0 Å². The number of ether oxygens (including phenoxy) is 1. The van der Waals surface area contributed by atoms with Gasteiger partial charge in [0.05, 0.1) is 6.04 Å². The number of carbonyl (C=O) groups excluding carboxylic acids is 2. The first-order valence-electron chi connectivity index (χ1n) is 10.4. The number of hydrogen-bond acceptors (Lipinski definition) is 5. The van der Waals surface area contributed by atoms with Gasteiger partial charge in [0, 0.05) is 18.9 Å². The number of nitriles is 1. The third-order valence-electron chi connectivity index (χ3n) is 4.78. The van der Waals surface area contributed by atoms with Crippen molar-refractivity contribution in [2.75, 3.05) is 6.61 Å². The highest BCUT2D eigenvalue weighted by molar-refractivity contribution is 6.01. The first-order chi connectivity index (χ1) is 16.0. The second-order valence-corrected chi connectivity index (χ2v) is 7.27. The van der Waals surface area contributed by atoms with Crippen LogP contribution in [0.4, 0.5) is 0 Å². The molecule has 1 aromatic heterocycles. The van der Waals surface area contributed by atoms with Crippen LogP contribution >= 0.6 is 0 Å². The second kappa shape index (κ2) is 11.8. The molecule has 33 heavy (non-hydrogen) atoms. The lowest BCUT2D eigenvalue weighted by Gasteiger charge is -2.14. The molecule has 0 aliphatic heterocycles. The molecule has 0 radical (unpaired) electrons. The number of benzene rings is 2. The molecule has 0 aliphatic rings. The van der Waals surface area contributed by atoms with E-state index in [0.29, 0.717) is 11.3 Å². The Morgan fingerprint density at radius 1 is 1.09 bits per heavy atom. The average Bonchev–Trinajstić information content (AvgIpc) is 2.86.